The Labute approximate surface area is 130 Å². The van der Waals surface area contributed by atoms with E-state index in [1.807, 2.05) is 6.07 Å². The van der Waals surface area contributed by atoms with Gasteiger partial charge in [-0.2, -0.15) is 0 Å². The molecule has 0 saturated carbocycles. The fourth-order valence-electron chi connectivity index (χ4n) is 2.78. The zero-order chi connectivity index (χ0) is 14.5. The predicted molar refractivity (Wildman–Crippen MR) is 85.2 cm³/mol. The van der Waals surface area contributed by atoms with Crippen LogP contribution in [0, 0.1) is 5.92 Å². The van der Waals surface area contributed by atoms with E-state index in [1.165, 1.54) is 12.0 Å². The zero-order valence-electron chi connectivity index (χ0n) is 12.5. The standard InChI is InChI=1S/C16H24BrNO2/c1-4-15-13(7-8-20-15)10-18-11(2)12-5-6-16(19-3)14(17)9-12/h5-6,9,11,13,15,18H,4,7-8,10H2,1-3H3. The van der Waals surface area contributed by atoms with E-state index in [-0.39, 0.29) is 0 Å². The van der Waals surface area contributed by atoms with Gasteiger partial charge in [-0.15, -0.1) is 0 Å². The van der Waals surface area contributed by atoms with Crippen molar-refractivity contribution in [2.24, 2.45) is 5.92 Å². The normalized spacial score (nSPS) is 23.8. The van der Waals surface area contributed by atoms with Crippen molar-refractivity contribution in [1.29, 1.82) is 0 Å². The number of nitrogens with one attached hydrogen (secondary N) is 1. The monoisotopic (exact) mass is 341 g/mol. The summed E-state index contributed by atoms with van der Waals surface area (Å²) in [5, 5.41) is 3.63. The Bertz CT molecular complexity index is 438. The molecule has 1 aliphatic rings. The second-order valence-corrected chi connectivity index (χ2v) is 6.24. The van der Waals surface area contributed by atoms with Gasteiger partial charge in [-0.05, 0) is 59.3 Å². The maximum Gasteiger partial charge on any atom is 0.133 e. The van der Waals surface area contributed by atoms with Gasteiger partial charge in [0.05, 0.1) is 17.7 Å². The molecule has 3 unspecified atom stereocenters. The Morgan fingerprint density at radius 3 is 2.95 bits per heavy atom. The lowest BCUT2D eigenvalue weighted by atomic mass is 9.98. The van der Waals surface area contributed by atoms with Crippen LogP contribution in [-0.2, 0) is 4.74 Å². The van der Waals surface area contributed by atoms with Crippen molar-refractivity contribution in [3.63, 3.8) is 0 Å². The molecule has 1 saturated heterocycles. The van der Waals surface area contributed by atoms with Gasteiger partial charge in [0.25, 0.3) is 0 Å². The molecule has 3 atom stereocenters. The predicted octanol–water partition coefficient (Wildman–Crippen LogP) is 3.92. The average molecular weight is 342 g/mol. The first-order valence-electron chi connectivity index (χ1n) is 7.34. The van der Waals surface area contributed by atoms with Crippen molar-refractivity contribution < 1.29 is 9.47 Å². The van der Waals surface area contributed by atoms with E-state index >= 15 is 0 Å². The van der Waals surface area contributed by atoms with Gasteiger partial charge >= 0.3 is 0 Å². The number of hydrogen-bond donors (Lipinski definition) is 1. The zero-order valence-corrected chi connectivity index (χ0v) is 14.1. The molecule has 1 heterocycles. The van der Waals surface area contributed by atoms with Crippen LogP contribution in [-0.4, -0.2) is 26.4 Å². The third kappa shape index (κ3) is 3.74. The largest absolute Gasteiger partial charge is 0.496 e. The van der Waals surface area contributed by atoms with Crippen molar-refractivity contribution >= 4 is 15.9 Å². The lowest BCUT2D eigenvalue weighted by Crippen LogP contribution is -2.30. The molecule has 0 amide bonds. The molecule has 0 aliphatic carbocycles. The Morgan fingerprint density at radius 2 is 2.30 bits per heavy atom. The molecule has 112 valence electrons. The minimum atomic E-state index is 0.329. The minimum Gasteiger partial charge on any atom is -0.496 e. The SMILES string of the molecule is CCC1OCCC1CNC(C)c1ccc(OC)c(Br)c1. The fraction of sp³-hybridized carbons (Fsp3) is 0.625. The highest BCUT2D eigenvalue weighted by Gasteiger charge is 2.26. The van der Waals surface area contributed by atoms with Gasteiger partial charge in [0.1, 0.15) is 5.75 Å². The molecule has 0 bridgehead atoms. The maximum atomic E-state index is 5.74. The van der Waals surface area contributed by atoms with E-state index in [4.69, 9.17) is 9.47 Å². The van der Waals surface area contributed by atoms with Gasteiger partial charge in [-0.25, -0.2) is 0 Å². The summed E-state index contributed by atoms with van der Waals surface area (Å²) in [6.07, 6.45) is 2.71. The molecule has 2 rings (SSSR count). The molecular weight excluding hydrogens is 318 g/mol. The number of methoxy groups -OCH3 is 1. The number of benzene rings is 1. The highest BCUT2D eigenvalue weighted by atomic mass is 79.9. The van der Waals surface area contributed by atoms with Crippen LogP contribution in [0.5, 0.6) is 5.75 Å². The smallest absolute Gasteiger partial charge is 0.133 e. The van der Waals surface area contributed by atoms with Gasteiger partial charge in [-0.1, -0.05) is 13.0 Å². The van der Waals surface area contributed by atoms with Crippen molar-refractivity contribution in [3.8, 4) is 5.75 Å². The molecule has 1 N–H and O–H groups in total. The van der Waals surface area contributed by atoms with Crippen LogP contribution >= 0.6 is 15.9 Å². The molecule has 0 radical (unpaired) electrons. The van der Waals surface area contributed by atoms with Crippen LogP contribution in [0.15, 0.2) is 22.7 Å². The lowest BCUT2D eigenvalue weighted by molar-refractivity contribution is 0.0867. The third-order valence-corrected chi connectivity index (χ3v) is 4.73. The molecule has 1 fully saturated rings. The molecule has 20 heavy (non-hydrogen) atoms. The summed E-state index contributed by atoms with van der Waals surface area (Å²) in [6.45, 7) is 6.33. The van der Waals surface area contributed by atoms with Gasteiger partial charge in [0, 0.05) is 19.2 Å². The van der Waals surface area contributed by atoms with Crippen LogP contribution < -0.4 is 10.1 Å². The summed E-state index contributed by atoms with van der Waals surface area (Å²) >= 11 is 3.54. The van der Waals surface area contributed by atoms with Crippen molar-refractivity contribution in [3.05, 3.63) is 28.2 Å². The van der Waals surface area contributed by atoms with E-state index in [9.17, 15) is 0 Å². The molecule has 3 nitrogen and oxygen atoms in total. The Kier molecular flexibility index (Phi) is 5.87. The van der Waals surface area contributed by atoms with E-state index in [0.717, 1.165) is 29.8 Å². The van der Waals surface area contributed by atoms with E-state index < -0.39 is 0 Å². The van der Waals surface area contributed by atoms with E-state index in [0.29, 0.717) is 18.1 Å². The summed E-state index contributed by atoms with van der Waals surface area (Å²) < 4.78 is 12.0. The van der Waals surface area contributed by atoms with Gasteiger partial charge in [0.2, 0.25) is 0 Å². The van der Waals surface area contributed by atoms with Gasteiger partial charge < -0.3 is 14.8 Å². The van der Waals surface area contributed by atoms with Crippen molar-refractivity contribution in [2.75, 3.05) is 20.3 Å². The summed E-state index contributed by atoms with van der Waals surface area (Å²) in [4.78, 5) is 0. The number of hydrogen-bond acceptors (Lipinski definition) is 3. The average Bonchev–Trinajstić information content (AvgIpc) is 2.92. The van der Waals surface area contributed by atoms with Gasteiger partial charge in [-0.3, -0.25) is 0 Å². The Hall–Kier alpha value is -0.580. The molecular formula is C16H24BrNO2. The van der Waals surface area contributed by atoms with Crippen LogP contribution in [0.25, 0.3) is 0 Å². The van der Waals surface area contributed by atoms with E-state index in [1.54, 1.807) is 7.11 Å². The first-order valence-corrected chi connectivity index (χ1v) is 8.13. The second kappa shape index (κ2) is 7.43. The number of ether oxygens (including phenoxy) is 2. The molecule has 4 heteroatoms. The van der Waals surface area contributed by atoms with Crippen LogP contribution in [0.2, 0.25) is 0 Å². The fourth-order valence-corrected chi connectivity index (χ4v) is 3.33. The summed E-state index contributed by atoms with van der Waals surface area (Å²) in [5.74, 6) is 1.51. The third-order valence-electron chi connectivity index (χ3n) is 4.11. The Morgan fingerprint density at radius 1 is 1.50 bits per heavy atom. The summed E-state index contributed by atoms with van der Waals surface area (Å²) in [6, 6.07) is 6.57. The number of halogens is 1. The van der Waals surface area contributed by atoms with Crippen LogP contribution in [0.3, 0.4) is 0 Å². The molecule has 0 spiro atoms. The maximum absolute atomic E-state index is 5.74. The van der Waals surface area contributed by atoms with Crippen LogP contribution in [0.4, 0.5) is 0 Å². The second-order valence-electron chi connectivity index (χ2n) is 5.39. The highest BCUT2D eigenvalue weighted by Crippen LogP contribution is 2.28. The topological polar surface area (TPSA) is 30.5 Å². The van der Waals surface area contributed by atoms with Crippen molar-refractivity contribution in [2.45, 2.75) is 38.8 Å². The summed E-state index contributed by atoms with van der Waals surface area (Å²) in [5.41, 5.74) is 1.27. The highest BCUT2D eigenvalue weighted by molar-refractivity contribution is 9.10. The van der Waals surface area contributed by atoms with E-state index in [2.05, 4.69) is 47.2 Å². The molecule has 1 aromatic carbocycles. The first-order chi connectivity index (χ1) is 9.65. The first kappa shape index (κ1) is 15.8. The Balaban J connectivity index is 1.91. The summed E-state index contributed by atoms with van der Waals surface area (Å²) in [7, 11) is 1.69. The van der Waals surface area contributed by atoms with Gasteiger partial charge in [0.15, 0.2) is 0 Å². The van der Waals surface area contributed by atoms with Crippen molar-refractivity contribution in [1.82, 2.24) is 5.32 Å². The quantitative estimate of drug-likeness (QED) is 0.850. The molecule has 1 aromatic rings. The molecule has 1 aliphatic heterocycles. The number of rotatable bonds is 6. The molecule has 0 aromatic heterocycles. The van der Waals surface area contributed by atoms with Crippen LogP contribution in [0.1, 0.15) is 38.3 Å². The lowest BCUT2D eigenvalue weighted by Gasteiger charge is -2.21. The minimum absolute atomic E-state index is 0.329.